The molecule has 0 aliphatic carbocycles. The molecule has 0 fully saturated rings. The lowest BCUT2D eigenvalue weighted by atomic mass is 9.95. The van der Waals surface area contributed by atoms with E-state index in [1.807, 2.05) is 22.9 Å². The normalized spacial score (nSPS) is 15.9. The quantitative estimate of drug-likeness (QED) is 0.371. The number of benzene rings is 1. The van der Waals surface area contributed by atoms with Gasteiger partial charge >= 0.3 is 0 Å². The van der Waals surface area contributed by atoms with Crippen LogP contribution >= 0.6 is 11.3 Å². The average Bonchev–Trinajstić information content (AvgIpc) is 3.56. The fourth-order valence-corrected chi connectivity index (χ4v) is 4.45. The van der Waals surface area contributed by atoms with E-state index in [1.54, 1.807) is 53.1 Å². The number of aliphatic hydroxyl groups excluding tert-OH is 1. The largest absolute Gasteiger partial charge is 0.503 e. The lowest BCUT2D eigenvalue weighted by Crippen LogP contribution is -2.32. The Hall–Kier alpha value is -3.65. The second-order valence-electron chi connectivity index (χ2n) is 7.30. The van der Waals surface area contributed by atoms with Crippen molar-refractivity contribution in [3.63, 3.8) is 0 Å². The number of imidazole rings is 1. The molecular formula is C24H23N3O4S. The van der Waals surface area contributed by atoms with Gasteiger partial charge in [0.2, 0.25) is 5.78 Å². The molecule has 3 heterocycles. The molecule has 0 spiro atoms. The molecule has 0 bridgehead atoms. The number of carbonyl (C=O) groups is 2. The molecule has 1 amide bonds. The van der Waals surface area contributed by atoms with Crippen LogP contribution in [-0.4, -0.2) is 44.4 Å². The van der Waals surface area contributed by atoms with Crippen LogP contribution in [0.5, 0.6) is 5.75 Å². The number of aliphatic hydroxyl groups is 1. The highest BCUT2D eigenvalue weighted by molar-refractivity contribution is 7.12. The van der Waals surface area contributed by atoms with Crippen LogP contribution in [0.15, 0.2) is 84.5 Å². The molecule has 0 saturated carbocycles. The van der Waals surface area contributed by atoms with Gasteiger partial charge in [-0.05, 0) is 35.6 Å². The first-order valence-corrected chi connectivity index (χ1v) is 11.1. The van der Waals surface area contributed by atoms with Gasteiger partial charge in [-0.3, -0.25) is 9.59 Å². The molecule has 1 aliphatic heterocycles. The summed E-state index contributed by atoms with van der Waals surface area (Å²) in [7, 11) is 0. The number of nitrogens with zero attached hydrogens (tertiary/aromatic N) is 3. The number of aryl methyl sites for hydroxylation is 1. The SMILES string of the molecule is C=CCOc1cccc([C@H]2C(C(=O)c3cccs3)=C(O)C(=O)N2CCCn2ccnc2)c1. The summed E-state index contributed by atoms with van der Waals surface area (Å²) in [6.45, 7) is 5.02. The van der Waals surface area contributed by atoms with E-state index in [1.165, 1.54) is 11.3 Å². The predicted molar refractivity (Wildman–Crippen MR) is 122 cm³/mol. The van der Waals surface area contributed by atoms with Crippen molar-refractivity contribution in [2.75, 3.05) is 13.2 Å². The molecule has 0 saturated heterocycles. The number of ether oxygens (including phenoxy) is 1. The number of rotatable bonds is 10. The topological polar surface area (TPSA) is 84.7 Å². The van der Waals surface area contributed by atoms with Crippen LogP contribution < -0.4 is 4.74 Å². The van der Waals surface area contributed by atoms with E-state index in [2.05, 4.69) is 11.6 Å². The molecule has 4 rings (SSSR count). The number of hydrogen-bond donors (Lipinski definition) is 1. The van der Waals surface area contributed by atoms with Crippen molar-refractivity contribution in [2.45, 2.75) is 19.0 Å². The Morgan fingerprint density at radius 1 is 1.28 bits per heavy atom. The van der Waals surface area contributed by atoms with Crippen LogP contribution in [0.25, 0.3) is 0 Å². The van der Waals surface area contributed by atoms with Crippen molar-refractivity contribution in [1.29, 1.82) is 0 Å². The molecule has 1 N–H and O–H groups in total. The minimum Gasteiger partial charge on any atom is -0.503 e. The Balaban J connectivity index is 1.67. The first-order valence-electron chi connectivity index (χ1n) is 10.2. The van der Waals surface area contributed by atoms with Crippen molar-refractivity contribution in [3.8, 4) is 5.75 Å². The van der Waals surface area contributed by atoms with Crippen LogP contribution in [0, 0.1) is 0 Å². The zero-order chi connectivity index (χ0) is 22.5. The maximum absolute atomic E-state index is 13.3. The molecule has 8 heteroatoms. The van der Waals surface area contributed by atoms with Gasteiger partial charge in [-0.15, -0.1) is 11.3 Å². The van der Waals surface area contributed by atoms with Gasteiger partial charge in [0.25, 0.3) is 5.91 Å². The number of hydrogen-bond acceptors (Lipinski definition) is 6. The van der Waals surface area contributed by atoms with E-state index >= 15 is 0 Å². The second kappa shape index (κ2) is 9.65. The molecule has 0 unspecified atom stereocenters. The van der Waals surface area contributed by atoms with Crippen LogP contribution in [0.3, 0.4) is 0 Å². The summed E-state index contributed by atoms with van der Waals surface area (Å²) in [6, 6.07) is 10.0. The highest BCUT2D eigenvalue weighted by Crippen LogP contribution is 2.40. The van der Waals surface area contributed by atoms with Crippen molar-refractivity contribution in [2.24, 2.45) is 0 Å². The Bertz CT molecular complexity index is 1140. The molecular weight excluding hydrogens is 426 g/mol. The predicted octanol–water partition coefficient (Wildman–Crippen LogP) is 4.18. The van der Waals surface area contributed by atoms with Crippen molar-refractivity contribution in [1.82, 2.24) is 14.5 Å². The summed E-state index contributed by atoms with van der Waals surface area (Å²) in [6.07, 6.45) is 7.55. The number of ketones is 1. The van der Waals surface area contributed by atoms with Crippen molar-refractivity contribution in [3.05, 3.63) is 94.9 Å². The van der Waals surface area contributed by atoms with Gasteiger partial charge in [0.05, 0.1) is 22.8 Å². The van der Waals surface area contributed by atoms with Gasteiger partial charge in [-0.2, -0.15) is 0 Å². The van der Waals surface area contributed by atoms with Crippen LogP contribution in [0.4, 0.5) is 0 Å². The third-order valence-electron chi connectivity index (χ3n) is 5.21. The Kier molecular flexibility index (Phi) is 6.51. The lowest BCUT2D eigenvalue weighted by Gasteiger charge is -2.27. The Labute approximate surface area is 189 Å². The van der Waals surface area contributed by atoms with E-state index in [9.17, 15) is 14.7 Å². The number of Topliss-reactive ketones (excluding diaryl/α,β-unsaturated/α-hetero) is 1. The number of amides is 1. The molecule has 3 aromatic rings. The summed E-state index contributed by atoms with van der Waals surface area (Å²) in [5, 5.41) is 12.5. The summed E-state index contributed by atoms with van der Waals surface area (Å²) in [5.74, 6) is -0.778. The zero-order valence-corrected chi connectivity index (χ0v) is 18.2. The molecule has 7 nitrogen and oxygen atoms in total. The van der Waals surface area contributed by atoms with Crippen LogP contribution in [-0.2, 0) is 11.3 Å². The van der Waals surface area contributed by atoms with Crippen LogP contribution in [0.2, 0.25) is 0 Å². The molecule has 0 radical (unpaired) electrons. The Morgan fingerprint density at radius 3 is 2.88 bits per heavy atom. The lowest BCUT2D eigenvalue weighted by molar-refractivity contribution is -0.129. The number of aromatic nitrogens is 2. The fraction of sp³-hybridized carbons (Fsp3) is 0.208. The van der Waals surface area contributed by atoms with Gasteiger partial charge in [-0.25, -0.2) is 4.98 Å². The van der Waals surface area contributed by atoms with E-state index < -0.39 is 17.7 Å². The summed E-state index contributed by atoms with van der Waals surface area (Å²) < 4.78 is 7.57. The van der Waals surface area contributed by atoms with Crippen molar-refractivity contribution < 1.29 is 19.4 Å². The third kappa shape index (κ3) is 4.36. The van der Waals surface area contributed by atoms with Gasteiger partial charge in [0.1, 0.15) is 12.4 Å². The maximum atomic E-state index is 13.3. The Morgan fingerprint density at radius 2 is 2.16 bits per heavy atom. The molecule has 1 aliphatic rings. The average molecular weight is 450 g/mol. The van der Waals surface area contributed by atoms with E-state index in [4.69, 9.17) is 4.74 Å². The fourth-order valence-electron chi connectivity index (χ4n) is 3.78. The van der Waals surface area contributed by atoms with Gasteiger partial charge in [0.15, 0.2) is 5.76 Å². The minimum atomic E-state index is -0.702. The number of thiophene rings is 1. The maximum Gasteiger partial charge on any atom is 0.290 e. The van der Waals surface area contributed by atoms with Crippen molar-refractivity contribution >= 4 is 23.0 Å². The van der Waals surface area contributed by atoms with Gasteiger partial charge < -0.3 is 19.3 Å². The van der Waals surface area contributed by atoms with Crippen LogP contribution in [0.1, 0.15) is 27.7 Å². The minimum absolute atomic E-state index is 0.0981. The first-order chi connectivity index (χ1) is 15.6. The highest BCUT2D eigenvalue weighted by atomic mass is 32.1. The monoisotopic (exact) mass is 449 g/mol. The summed E-state index contributed by atoms with van der Waals surface area (Å²) >= 11 is 1.28. The molecule has 1 aromatic carbocycles. The van der Waals surface area contributed by atoms with Gasteiger partial charge in [-0.1, -0.05) is 30.9 Å². The molecule has 2 aromatic heterocycles. The third-order valence-corrected chi connectivity index (χ3v) is 6.08. The summed E-state index contributed by atoms with van der Waals surface area (Å²) in [4.78, 5) is 32.4. The van der Waals surface area contributed by atoms with E-state index in [-0.39, 0.29) is 11.4 Å². The molecule has 32 heavy (non-hydrogen) atoms. The van der Waals surface area contributed by atoms with Gasteiger partial charge in [0, 0.05) is 25.5 Å². The molecule has 164 valence electrons. The summed E-state index contributed by atoms with van der Waals surface area (Å²) in [5.41, 5.74) is 0.799. The second-order valence-corrected chi connectivity index (χ2v) is 8.24. The van der Waals surface area contributed by atoms with E-state index in [0.717, 1.165) is 0 Å². The molecule has 1 atom stereocenters. The highest BCUT2D eigenvalue weighted by Gasteiger charge is 2.43. The standard InChI is InChI=1S/C24H23N3O4S/c1-2-13-31-18-7-3-6-17(15-18)21-20(22(28)19-8-4-14-32-19)23(29)24(30)27(21)11-5-10-26-12-9-25-16-26/h2-4,6-9,12,14-16,21,29H,1,5,10-11,13H2/t21-/m0/s1. The smallest absolute Gasteiger partial charge is 0.290 e. The first kappa shape index (κ1) is 21.6. The number of carbonyl (C=O) groups excluding carboxylic acids is 2. The van der Waals surface area contributed by atoms with E-state index in [0.29, 0.717) is 42.3 Å². The zero-order valence-electron chi connectivity index (χ0n) is 17.4.